The second-order valence-corrected chi connectivity index (χ2v) is 5.17. The highest BCUT2D eigenvalue weighted by atomic mass is 32.2. The van der Waals surface area contributed by atoms with Gasteiger partial charge < -0.3 is 15.2 Å². The van der Waals surface area contributed by atoms with E-state index in [1.54, 1.807) is 18.9 Å². The van der Waals surface area contributed by atoms with Crippen LogP contribution in [0, 0.1) is 13.8 Å². The second-order valence-electron chi connectivity index (χ2n) is 4.11. The SMILES string of the molecule is CNCC(O)CSc1cc(C)c(OC)cc1C. The van der Waals surface area contributed by atoms with Gasteiger partial charge in [0.25, 0.3) is 0 Å². The average molecular weight is 255 g/mol. The zero-order valence-corrected chi connectivity index (χ0v) is 11.7. The van der Waals surface area contributed by atoms with Gasteiger partial charge in [-0.1, -0.05) is 0 Å². The van der Waals surface area contributed by atoms with E-state index in [-0.39, 0.29) is 6.10 Å². The summed E-state index contributed by atoms with van der Waals surface area (Å²) >= 11 is 1.68. The van der Waals surface area contributed by atoms with Gasteiger partial charge in [0, 0.05) is 17.2 Å². The Bertz CT molecular complexity index is 369. The summed E-state index contributed by atoms with van der Waals surface area (Å²) < 4.78 is 5.28. The van der Waals surface area contributed by atoms with Crippen LogP contribution in [0.15, 0.2) is 17.0 Å². The molecule has 0 aromatic heterocycles. The molecule has 96 valence electrons. The Kier molecular flexibility index (Phi) is 5.82. The molecule has 0 aliphatic heterocycles. The summed E-state index contributed by atoms with van der Waals surface area (Å²) in [6.07, 6.45) is -0.313. The third-order valence-electron chi connectivity index (χ3n) is 2.56. The number of methoxy groups -OCH3 is 1. The molecule has 1 aromatic rings. The van der Waals surface area contributed by atoms with Gasteiger partial charge in [0.2, 0.25) is 0 Å². The van der Waals surface area contributed by atoms with Gasteiger partial charge in [-0.05, 0) is 44.2 Å². The van der Waals surface area contributed by atoms with Gasteiger partial charge in [-0.2, -0.15) is 0 Å². The number of nitrogens with one attached hydrogen (secondary N) is 1. The van der Waals surface area contributed by atoms with Gasteiger partial charge in [0.1, 0.15) is 5.75 Å². The highest BCUT2D eigenvalue weighted by Crippen LogP contribution is 2.29. The number of ether oxygens (including phenoxy) is 1. The summed E-state index contributed by atoms with van der Waals surface area (Å²) in [5, 5.41) is 12.6. The summed E-state index contributed by atoms with van der Waals surface area (Å²) in [7, 11) is 3.53. The standard InChI is InChI=1S/C13H21NO2S/c1-9-6-13(10(2)5-12(9)16-4)17-8-11(15)7-14-3/h5-6,11,14-15H,7-8H2,1-4H3. The lowest BCUT2D eigenvalue weighted by Crippen LogP contribution is -2.25. The number of likely N-dealkylation sites (N-methyl/N-ethyl adjacent to an activating group) is 1. The molecule has 1 atom stereocenters. The summed E-state index contributed by atoms with van der Waals surface area (Å²) in [6.45, 7) is 4.72. The molecule has 0 amide bonds. The molecule has 4 heteroatoms. The second kappa shape index (κ2) is 6.89. The molecule has 1 aromatic carbocycles. The normalized spacial score (nSPS) is 12.5. The minimum atomic E-state index is -0.313. The first-order chi connectivity index (χ1) is 8.08. The number of aliphatic hydroxyl groups excluding tert-OH is 1. The van der Waals surface area contributed by atoms with Crippen molar-refractivity contribution in [3.05, 3.63) is 23.3 Å². The molecule has 2 N–H and O–H groups in total. The third kappa shape index (κ3) is 4.22. The highest BCUT2D eigenvalue weighted by molar-refractivity contribution is 7.99. The minimum absolute atomic E-state index is 0.313. The lowest BCUT2D eigenvalue weighted by Gasteiger charge is -2.13. The fourth-order valence-electron chi connectivity index (χ4n) is 1.62. The maximum Gasteiger partial charge on any atom is 0.122 e. The van der Waals surface area contributed by atoms with E-state index in [0.717, 1.165) is 11.3 Å². The van der Waals surface area contributed by atoms with Gasteiger partial charge >= 0.3 is 0 Å². The molecule has 0 aliphatic rings. The van der Waals surface area contributed by atoms with Crippen molar-refractivity contribution >= 4 is 11.8 Å². The van der Waals surface area contributed by atoms with Crippen molar-refractivity contribution < 1.29 is 9.84 Å². The van der Waals surface area contributed by atoms with Crippen molar-refractivity contribution in [3.63, 3.8) is 0 Å². The first-order valence-corrected chi connectivity index (χ1v) is 6.67. The maximum atomic E-state index is 9.66. The molecular weight excluding hydrogens is 234 g/mol. The van der Waals surface area contributed by atoms with Crippen LogP contribution in [0.1, 0.15) is 11.1 Å². The molecule has 17 heavy (non-hydrogen) atoms. The molecule has 0 aliphatic carbocycles. The smallest absolute Gasteiger partial charge is 0.122 e. The van der Waals surface area contributed by atoms with Crippen LogP contribution in [0.25, 0.3) is 0 Å². The van der Waals surface area contributed by atoms with Crippen molar-refractivity contribution in [1.82, 2.24) is 5.32 Å². The number of hydrogen-bond donors (Lipinski definition) is 2. The number of benzene rings is 1. The predicted molar refractivity (Wildman–Crippen MR) is 73.1 cm³/mol. The van der Waals surface area contributed by atoms with E-state index in [1.807, 2.05) is 20.0 Å². The molecule has 0 radical (unpaired) electrons. The van der Waals surface area contributed by atoms with E-state index >= 15 is 0 Å². The van der Waals surface area contributed by atoms with Gasteiger partial charge in [-0.15, -0.1) is 11.8 Å². The van der Waals surface area contributed by atoms with Crippen molar-refractivity contribution in [2.75, 3.05) is 26.5 Å². The van der Waals surface area contributed by atoms with Crippen LogP contribution < -0.4 is 10.1 Å². The highest BCUT2D eigenvalue weighted by Gasteiger charge is 2.08. The van der Waals surface area contributed by atoms with E-state index < -0.39 is 0 Å². The van der Waals surface area contributed by atoms with Crippen LogP contribution in [0.5, 0.6) is 5.75 Å². The van der Waals surface area contributed by atoms with Gasteiger partial charge in [0.05, 0.1) is 13.2 Å². The number of thioether (sulfide) groups is 1. The molecule has 0 fully saturated rings. The zero-order valence-electron chi connectivity index (χ0n) is 10.9. The molecule has 1 rings (SSSR count). The minimum Gasteiger partial charge on any atom is -0.496 e. The van der Waals surface area contributed by atoms with Gasteiger partial charge in [0.15, 0.2) is 0 Å². The van der Waals surface area contributed by atoms with Crippen LogP contribution in [0.2, 0.25) is 0 Å². The molecule has 3 nitrogen and oxygen atoms in total. The van der Waals surface area contributed by atoms with Gasteiger partial charge in [-0.25, -0.2) is 0 Å². The Morgan fingerprint density at radius 2 is 2.06 bits per heavy atom. The number of aliphatic hydroxyl groups is 1. The molecule has 0 saturated carbocycles. The van der Waals surface area contributed by atoms with Crippen LogP contribution in [0.3, 0.4) is 0 Å². The Hall–Kier alpha value is -0.710. The molecule has 1 unspecified atom stereocenters. The van der Waals surface area contributed by atoms with Crippen LogP contribution in [-0.2, 0) is 0 Å². The Morgan fingerprint density at radius 1 is 1.35 bits per heavy atom. The van der Waals surface area contributed by atoms with Crippen LogP contribution >= 0.6 is 11.8 Å². The third-order valence-corrected chi connectivity index (χ3v) is 3.87. The Morgan fingerprint density at radius 3 is 2.65 bits per heavy atom. The van der Waals surface area contributed by atoms with Crippen molar-refractivity contribution in [2.45, 2.75) is 24.8 Å². The Labute approximate surface area is 108 Å². The van der Waals surface area contributed by atoms with Crippen molar-refractivity contribution in [2.24, 2.45) is 0 Å². The topological polar surface area (TPSA) is 41.5 Å². The molecule has 0 bridgehead atoms. The lowest BCUT2D eigenvalue weighted by molar-refractivity contribution is 0.199. The van der Waals surface area contributed by atoms with Crippen LogP contribution in [-0.4, -0.2) is 37.7 Å². The largest absolute Gasteiger partial charge is 0.496 e. The first-order valence-electron chi connectivity index (χ1n) is 5.69. The fourth-order valence-corrected chi connectivity index (χ4v) is 2.66. The molecule has 0 saturated heterocycles. The number of aryl methyl sites for hydroxylation is 2. The molecule has 0 heterocycles. The van der Waals surface area contributed by atoms with Crippen molar-refractivity contribution in [1.29, 1.82) is 0 Å². The monoisotopic (exact) mass is 255 g/mol. The summed E-state index contributed by atoms with van der Waals surface area (Å²) in [5.74, 6) is 1.62. The summed E-state index contributed by atoms with van der Waals surface area (Å²) in [6, 6.07) is 4.16. The quantitative estimate of drug-likeness (QED) is 0.763. The summed E-state index contributed by atoms with van der Waals surface area (Å²) in [4.78, 5) is 1.21. The Balaban J connectivity index is 2.68. The number of rotatable bonds is 6. The van der Waals surface area contributed by atoms with E-state index in [1.165, 1.54) is 10.5 Å². The van der Waals surface area contributed by atoms with Gasteiger partial charge in [-0.3, -0.25) is 0 Å². The fraction of sp³-hybridized carbons (Fsp3) is 0.538. The van der Waals surface area contributed by atoms with E-state index in [2.05, 4.69) is 18.3 Å². The van der Waals surface area contributed by atoms with E-state index in [9.17, 15) is 5.11 Å². The number of hydrogen-bond acceptors (Lipinski definition) is 4. The maximum absolute atomic E-state index is 9.66. The first kappa shape index (κ1) is 14.4. The van der Waals surface area contributed by atoms with E-state index in [0.29, 0.717) is 12.3 Å². The predicted octanol–water partition coefficient (Wildman–Crippen LogP) is 1.98. The van der Waals surface area contributed by atoms with E-state index in [4.69, 9.17) is 4.74 Å². The lowest BCUT2D eigenvalue weighted by atomic mass is 10.1. The molecular formula is C13H21NO2S. The molecule has 0 spiro atoms. The summed E-state index contributed by atoms with van der Waals surface area (Å²) in [5.41, 5.74) is 2.32. The zero-order chi connectivity index (χ0) is 12.8. The average Bonchev–Trinajstić information content (AvgIpc) is 2.30. The van der Waals surface area contributed by atoms with Crippen LogP contribution in [0.4, 0.5) is 0 Å². The van der Waals surface area contributed by atoms with Crippen molar-refractivity contribution in [3.8, 4) is 5.75 Å².